The molecule has 284 valence electrons. The molecule has 0 bridgehead atoms. The second-order valence-electron chi connectivity index (χ2n) is 11.7. The summed E-state index contributed by atoms with van der Waals surface area (Å²) in [5.41, 5.74) is 2.36. The van der Waals surface area contributed by atoms with E-state index in [-0.39, 0.29) is 35.9 Å². The van der Waals surface area contributed by atoms with E-state index >= 15 is 0 Å². The summed E-state index contributed by atoms with van der Waals surface area (Å²) in [6, 6.07) is 0. The number of thiol groups is 1. The van der Waals surface area contributed by atoms with Gasteiger partial charge in [-0.25, -0.2) is 28.6 Å². The Morgan fingerprint density at radius 3 is 2.42 bits per heavy atom. The molecule has 50 heavy (non-hydrogen) atoms. The molecular weight excluding hydrogens is 755 g/mol. The number of carbonyl (C=O) groups excluding carboxylic acids is 2. The summed E-state index contributed by atoms with van der Waals surface area (Å²) >= 11 is 4.03. The number of phosphoric ester groups is 3. The van der Waals surface area contributed by atoms with Gasteiger partial charge in [-0.2, -0.15) is 16.9 Å². The Kier molecular flexibility index (Phi) is 14.1. The minimum absolute atomic E-state index is 0.0264. The fourth-order valence-electron chi connectivity index (χ4n) is 4.56. The van der Waals surface area contributed by atoms with Crippen molar-refractivity contribution in [2.24, 2.45) is 5.41 Å². The Hall–Kier alpha value is -2.11. The monoisotopic (exact) mass is 795 g/mol. The molecule has 2 amide bonds. The maximum atomic E-state index is 12.7. The number of aliphatic hydroxyl groups excluding tert-OH is 2. The Morgan fingerprint density at radius 1 is 1.12 bits per heavy atom. The summed E-state index contributed by atoms with van der Waals surface area (Å²) in [6.45, 7) is 2.06. The van der Waals surface area contributed by atoms with Gasteiger partial charge in [0.25, 0.3) is 0 Å². The van der Waals surface area contributed by atoms with Crippen molar-refractivity contribution in [2.75, 3.05) is 37.8 Å². The van der Waals surface area contributed by atoms with Crippen LogP contribution in [0, 0.1) is 5.41 Å². The number of nitrogens with one attached hydrogen (secondary N) is 2. The molecule has 23 nitrogen and oxygen atoms in total. The third kappa shape index (κ3) is 11.2. The number of ether oxygens (including phenoxy) is 1. The van der Waals surface area contributed by atoms with Crippen molar-refractivity contribution in [1.82, 2.24) is 30.2 Å². The number of nitrogens with zero attached hydrogens (tertiary/aromatic N) is 4. The smallest absolute Gasteiger partial charge is 0.385 e. The third-order valence-corrected chi connectivity index (χ3v) is 10.6. The van der Waals surface area contributed by atoms with E-state index in [4.69, 9.17) is 24.0 Å². The van der Waals surface area contributed by atoms with Gasteiger partial charge in [-0.05, 0) is 19.1 Å². The number of nitrogens with two attached hydrogens (primary N) is 1. The molecule has 1 saturated heterocycles. The predicted octanol–water partition coefficient (Wildman–Crippen LogP) is -1.10. The number of aromatic nitrogens is 4. The molecule has 0 aromatic carbocycles. The van der Waals surface area contributed by atoms with Crippen LogP contribution >= 0.6 is 36.1 Å². The van der Waals surface area contributed by atoms with Gasteiger partial charge in [-0.1, -0.05) is 13.8 Å². The first kappa shape index (κ1) is 42.3. The lowest BCUT2D eigenvalue weighted by Crippen LogP contribution is -2.46. The number of imidazole rings is 1. The Labute approximate surface area is 290 Å². The van der Waals surface area contributed by atoms with Crippen LogP contribution in [0.1, 0.15) is 33.6 Å². The molecule has 7 unspecified atom stereocenters. The standard InChI is InChI=1S/C23H40N7O16P3S/c1-22(2,18(33)21(34)26-7-5-14(31)25-6-4-8-50)10-43-49(40,41)46-48(38,39)42-9-13-16(45-47(35,36)37)17(32)23(3,44-13)30-12-29-15-19(24)27-11-28-20(15)30/h11-13,16-18,32-33,50H,4-10H2,1-3H3,(H,25,31)(H,26,34)(H,38,39)(H,40,41)(H2,24,27,28)(H2,35,36,37). The van der Waals surface area contributed by atoms with Crippen LogP contribution in [0.25, 0.3) is 11.2 Å². The van der Waals surface area contributed by atoms with Crippen LogP contribution in [0.5, 0.6) is 0 Å². The average Bonchev–Trinajstić information content (AvgIpc) is 3.54. The molecule has 27 heteroatoms. The molecule has 10 N–H and O–H groups in total. The van der Waals surface area contributed by atoms with Gasteiger partial charge in [0.05, 0.1) is 19.5 Å². The molecular formula is C23H40N7O16P3S. The Balaban J connectivity index is 1.62. The zero-order valence-electron chi connectivity index (χ0n) is 26.8. The van der Waals surface area contributed by atoms with E-state index in [0.717, 1.165) is 17.2 Å². The van der Waals surface area contributed by atoms with Crippen molar-refractivity contribution in [3.05, 3.63) is 12.7 Å². The lowest BCUT2D eigenvalue weighted by molar-refractivity contribution is -0.137. The number of phosphoric acid groups is 3. The second-order valence-corrected chi connectivity index (χ2v) is 16.4. The second kappa shape index (κ2) is 16.7. The Bertz CT molecular complexity index is 1660. The number of anilines is 1. The van der Waals surface area contributed by atoms with Crippen molar-refractivity contribution in [3.63, 3.8) is 0 Å². The summed E-state index contributed by atoms with van der Waals surface area (Å²) in [5, 5.41) is 26.5. The largest absolute Gasteiger partial charge is 0.481 e. The van der Waals surface area contributed by atoms with E-state index in [2.05, 4.69) is 42.5 Å². The number of carbonyl (C=O) groups is 2. The lowest BCUT2D eigenvalue weighted by Gasteiger charge is -2.30. The van der Waals surface area contributed by atoms with Gasteiger partial charge in [0.15, 0.2) is 17.2 Å². The molecule has 0 radical (unpaired) electrons. The topological polar surface area (TPSA) is 347 Å². The van der Waals surface area contributed by atoms with Crippen molar-refractivity contribution >= 4 is 64.9 Å². The van der Waals surface area contributed by atoms with E-state index in [0.29, 0.717) is 18.7 Å². The van der Waals surface area contributed by atoms with E-state index in [1.807, 2.05) is 0 Å². The molecule has 3 heterocycles. The van der Waals surface area contributed by atoms with Crippen molar-refractivity contribution in [3.8, 4) is 0 Å². The highest BCUT2D eigenvalue weighted by Gasteiger charge is 2.57. The molecule has 2 aromatic rings. The van der Waals surface area contributed by atoms with Crippen molar-refractivity contribution < 1.29 is 75.7 Å². The molecule has 1 aliphatic heterocycles. The predicted molar refractivity (Wildman–Crippen MR) is 173 cm³/mol. The molecule has 3 rings (SSSR count). The van der Waals surface area contributed by atoms with Crippen LogP contribution in [-0.2, 0) is 51.6 Å². The fraction of sp³-hybridized carbons (Fsp3) is 0.696. The average molecular weight is 796 g/mol. The van der Waals surface area contributed by atoms with Gasteiger partial charge in [0, 0.05) is 24.9 Å². The first-order chi connectivity index (χ1) is 23.0. The van der Waals surface area contributed by atoms with Crippen LogP contribution in [0.2, 0.25) is 0 Å². The zero-order valence-corrected chi connectivity index (χ0v) is 30.4. The molecule has 7 atom stereocenters. The van der Waals surface area contributed by atoms with Crippen molar-refractivity contribution in [1.29, 1.82) is 0 Å². The number of fused-ring (bicyclic) bond motifs is 1. The van der Waals surface area contributed by atoms with E-state index in [1.165, 1.54) is 20.8 Å². The number of rotatable bonds is 19. The normalized spacial score (nSPS) is 24.4. The van der Waals surface area contributed by atoms with Crippen LogP contribution in [0.3, 0.4) is 0 Å². The number of hydrogen-bond acceptors (Lipinski definition) is 17. The number of aliphatic hydroxyl groups is 2. The van der Waals surface area contributed by atoms with Gasteiger partial charge in [0.2, 0.25) is 11.8 Å². The minimum Gasteiger partial charge on any atom is -0.385 e. The Morgan fingerprint density at radius 2 is 1.78 bits per heavy atom. The quantitative estimate of drug-likeness (QED) is 0.0458. The van der Waals surface area contributed by atoms with Gasteiger partial charge in [-0.15, -0.1) is 0 Å². The molecule has 0 aliphatic carbocycles. The van der Waals surface area contributed by atoms with Crippen molar-refractivity contribution in [2.45, 2.75) is 63.8 Å². The summed E-state index contributed by atoms with van der Waals surface area (Å²) in [4.78, 5) is 75.3. The number of amides is 2. The third-order valence-electron chi connectivity index (χ3n) is 7.22. The van der Waals surface area contributed by atoms with Crippen LogP contribution in [0.4, 0.5) is 5.82 Å². The van der Waals surface area contributed by atoms with Crippen LogP contribution in [-0.4, -0.2) is 118 Å². The zero-order chi connectivity index (χ0) is 37.7. The maximum Gasteiger partial charge on any atom is 0.481 e. The summed E-state index contributed by atoms with van der Waals surface area (Å²) in [7, 11) is -16.4. The summed E-state index contributed by atoms with van der Waals surface area (Å²) in [6.07, 6.45) is -4.67. The number of hydrogen-bond donors (Lipinski definition) is 10. The maximum absolute atomic E-state index is 12.7. The van der Waals surface area contributed by atoms with Gasteiger partial charge >= 0.3 is 23.5 Å². The molecule has 1 aliphatic rings. The minimum atomic E-state index is -5.56. The first-order valence-electron chi connectivity index (χ1n) is 14.5. The highest BCUT2D eigenvalue weighted by Crippen LogP contribution is 2.61. The van der Waals surface area contributed by atoms with Crippen LogP contribution < -0.4 is 16.4 Å². The van der Waals surface area contributed by atoms with E-state index < -0.39 is 78.1 Å². The summed E-state index contributed by atoms with van der Waals surface area (Å²) in [5.74, 6) is -0.754. The molecule has 1 fully saturated rings. The first-order valence-corrected chi connectivity index (χ1v) is 19.7. The lowest BCUT2D eigenvalue weighted by atomic mass is 9.87. The van der Waals surface area contributed by atoms with Gasteiger partial charge in [0.1, 0.15) is 36.3 Å². The highest BCUT2D eigenvalue weighted by atomic mass is 32.1. The van der Waals surface area contributed by atoms with E-state index in [1.54, 1.807) is 0 Å². The highest BCUT2D eigenvalue weighted by molar-refractivity contribution is 7.80. The molecule has 2 aromatic heterocycles. The van der Waals surface area contributed by atoms with E-state index in [9.17, 15) is 53.1 Å². The van der Waals surface area contributed by atoms with Gasteiger partial charge in [-0.3, -0.25) is 27.7 Å². The summed E-state index contributed by atoms with van der Waals surface area (Å²) < 4.78 is 62.4. The van der Waals surface area contributed by atoms with Gasteiger partial charge < -0.3 is 50.9 Å². The molecule has 0 saturated carbocycles. The fourth-order valence-corrected chi connectivity index (χ4v) is 7.54. The number of nitrogen functional groups attached to an aromatic ring is 1. The SMILES string of the molecule is CC(C)(COP(=O)(O)OP(=O)(O)OCC1OC(C)(n2cnc3c(N)ncnc32)C(O)C1OP(=O)(O)O)C(O)C(=O)NCCC(=O)NCCCS. The molecule has 0 spiro atoms. The van der Waals surface area contributed by atoms with Crippen LogP contribution in [0.15, 0.2) is 12.7 Å².